The van der Waals surface area contributed by atoms with Gasteiger partial charge in [0.25, 0.3) is 0 Å². The molecule has 5 rings (SSSR count). The topological polar surface area (TPSA) is 56.7 Å². The zero-order chi connectivity index (χ0) is 13.9. The van der Waals surface area contributed by atoms with Crippen LogP contribution >= 0.6 is 0 Å². The monoisotopic (exact) mass is 274 g/mol. The Labute approximate surface area is 121 Å². The average molecular weight is 274 g/mol. The van der Waals surface area contributed by atoms with Crippen LogP contribution in [0.15, 0.2) is 0 Å². The molecule has 1 aromatic rings. The lowest BCUT2D eigenvalue weighted by Crippen LogP contribution is -2.47. The first-order valence-electron chi connectivity index (χ1n) is 8.16. The van der Waals surface area contributed by atoms with Crippen molar-refractivity contribution in [1.82, 2.24) is 14.8 Å². The molecule has 110 valence electrons. The molecule has 4 bridgehead atoms. The molecule has 1 aromatic heterocycles. The highest BCUT2D eigenvalue weighted by Crippen LogP contribution is 2.62. The van der Waals surface area contributed by atoms with Crippen LogP contribution in [0.1, 0.15) is 62.6 Å². The predicted molar refractivity (Wildman–Crippen MR) is 77.9 cm³/mol. The lowest BCUT2D eigenvalue weighted by molar-refractivity contribution is -0.0609. The second-order valence-corrected chi connectivity index (χ2v) is 7.89. The quantitative estimate of drug-likeness (QED) is 0.922. The first kappa shape index (κ1) is 12.8. The van der Waals surface area contributed by atoms with Crippen molar-refractivity contribution in [3.63, 3.8) is 0 Å². The molecule has 20 heavy (non-hydrogen) atoms. The molecule has 0 aliphatic heterocycles. The summed E-state index contributed by atoms with van der Waals surface area (Å²) in [6.07, 6.45) is 9.87. The van der Waals surface area contributed by atoms with Gasteiger partial charge >= 0.3 is 0 Å². The Morgan fingerprint density at radius 3 is 2.15 bits per heavy atom. The summed E-state index contributed by atoms with van der Waals surface area (Å²) >= 11 is 0. The maximum atomic E-state index is 6.51. The van der Waals surface area contributed by atoms with E-state index in [4.69, 9.17) is 5.73 Å². The minimum atomic E-state index is 0.0532. The first-order chi connectivity index (χ1) is 9.55. The van der Waals surface area contributed by atoms with E-state index in [1.807, 2.05) is 14.0 Å². The molecule has 0 aromatic carbocycles. The van der Waals surface area contributed by atoms with Crippen LogP contribution in [0, 0.1) is 30.1 Å². The van der Waals surface area contributed by atoms with Crippen LogP contribution in [0.4, 0.5) is 0 Å². The number of rotatable bonds is 3. The predicted octanol–water partition coefficient (Wildman–Crippen LogP) is 2.73. The molecule has 1 unspecified atom stereocenters. The van der Waals surface area contributed by atoms with E-state index < -0.39 is 0 Å². The van der Waals surface area contributed by atoms with Crippen molar-refractivity contribution in [3.8, 4) is 0 Å². The van der Waals surface area contributed by atoms with Gasteiger partial charge in [-0.3, -0.25) is 0 Å². The highest BCUT2D eigenvalue weighted by molar-refractivity contribution is 5.06. The van der Waals surface area contributed by atoms with Gasteiger partial charge in [0.15, 0.2) is 0 Å². The van der Waals surface area contributed by atoms with Crippen molar-refractivity contribution in [2.45, 2.75) is 57.9 Å². The molecule has 0 radical (unpaired) electrons. The third-order valence-corrected chi connectivity index (χ3v) is 6.28. The minimum absolute atomic E-state index is 0.0532. The third kappa shape index (κ3) is 1.92. The number of nitrogens with zero attached hydrogens (tertiary/aromatic N) is 3. The standard InChI is InChI=1S/C16H26N4/c1-10-18-19-15(20(10)2)14(17)9-16-6-11-3-12(7-16)5-13(4-11)8-16/h11-14H,3-9,17H2,1-2H3. The van der Waals surface area contributed by atoms with E-state index in [-0.39, 0.29) is 6.04 Å². The smallest absolute Gasteiger partial charge is 0.149 e. The normalized spacial score (nSPS) is 40.2. The number of hydrogen-bond donors (Lipinski definition) is 1. The highest BCUT2D eigenvalue weighted by Gasteiger charge is 2.51. The van der Waals surface area contributed by atoms with Gasteiger partial charge in [-0.15, -0.1) is 10.2 Å². The van der Waals surface area contributed by atoms with Crippen LogP contribution in [-0.4, -0.2) is 14.8 Å². The van der Waals surface area contributed by atoms with Crippen molar-refractivity contribution in [2.75, 3.05) is 0 Å². The molecule has 4 saturated carbocycles. The fourth-order valence-electron chi connectivity index (χ4n) is 5.84. The number of hydrogen-bond acceptors (Lipinski definition) is 3. The van der Waals surface area contributed by atoms with Crippen LogP contribution < -0.4 is 5.73 Å². The van der Waals surface area contributed by atoms with Crippen molar-refractivity contribution in [1.29, 1.82) is 0 Å². The van der Waals surface area contributed by atoms with Crippen molar-refractivity contribution >= 4 is 0 Å². The number of aromatic nitrogens is 3. The van der Waals surface area contributed by atoms with Crippen molar-refractivity contribution < 1.29 is 0 Å². The fourth-order valence-corrected chi connectivity index (χ4v) is 5.84. The molecule has 1 atom stereocenters. The van der Waals surface area contributed by atoms with Crippen molar-refractivity contribution in [3.05, 3.63) is 11.6 Å². The van der Waals surface area contributed by atoms with Crippen LogP contribution in [-0.2, 0) is 7.05 Å². The lowest BCUT2D eigenvalue weighted by atomic mass is 9.48. The molecule has 4 fully saturated rings. The Balaban J connectivity index is 1.55. The molecule has 4 nitrogen and oxygen atoms in total. The minimum Gasteiger partial charge on any atom is -0.321 e. The zero-order valence-corrected chi connectivity index (χ0v) is 12.7. The van der Waals surface area contributed by atoms with E-state index in [2.05, 4.69) is 14.8 Å². The summed E-state index contributed by atoms with van der Waals surface area (Å²) in [5.74, 6) is 4.92. The van der Waals surface area contributed by atoms with E-state index >= 15 is 0 Å². The van der Waals surface area contributed by atoms with E-state index in [1.54, 1.807) is 0 Å². The summed E-state index contributed by atoms with van der Waals surface area (Å²) in [5, 5.41) is 8.47. The summed E-state index contributed by atoms with van der Waals surface area (Å²) in [4.78, 5) is 0. The van der Waals surface area contributed by atoms with Crippen LogP contribution in [0.25, 0.3) is 0 Å². The van der Waals surface area contributed by atoms with Gasteiger partial charge in [0.05, 0.1) is 6.04 Å². The van der Waals surface area contributed by atoms with Gasteiger partial charge in [0, 0.05) is 7.05 Å². The van der Waals surface area contributed by atoms with Gasteiger partial charge in [-0.1, -0.05) is 0 Å². The van der Waals surface area contributed by atoms with Gasteiger partial charge in [-0.2, -0.15) is 0 Å². The Bertz CT molecular complexity index is 483. The molecule has 0 amide bonds. The van der Waals surface area contributed by atoms with E-state index in [1.165, 1.54) is 38.5 Å². The highest BCUT2D eigenvalue weighted by atomic mass is 15.3. The van der Waals surface area contributed by atoms with Gasteiger partial charge in [0.1, 0.15) is 11.6 Å². The first-order valence-corrected chi connectivity index (χ1v) is 8.16. The van der Waals surface area contributed by atoms with Crippen LogP contribution in [0.5, 0.6) is 0 Å². The molecular formula is C16H26N4. The largest absolute Gasteiger partial charge is 0.321 e. The zero-order valence-electron chi connectivity index (χ0n) is 12.7. The second-order valence-electron chi connectivity index (χ2n) is 7.89. The van der Waals surface area contributed by atoms with Gasteiger partial charge in [0.2, 0.25) is 0 Å². The maximum absolute atomic E-state index is 6.51. The average Bonchev–Trinajstić information content (AvgIpc) is 2.67. The lowest BCUT2D eigenvalue weighted by Gasteiger charge is -2.57. The summed E-state index contributed by atoms with van der Waals surface area (Å²) in [6.45, 7) is 1.99. The molecule has 1 heterocycles. The summed E-state index contributed by atoms with van der Waals surface area (Å²) in [7, 11) is 2.03. The molecule has 4 heteroatoms. The molecule has 2 N–H and O–H groups in total. The molecular weight excluding hydrogens is 248 g/mol. The van der Waals surface area contributed by atoms with Crippen LogP contribution in [0.3, 0.4) is 0 Å². The molecule has 0 saturated heterocycles. The Hall–Kier alpha value is -0.900. The van der Waals surface area contributed by atoms with E-state index in [0.717, 1.165) is 35.8 Å². The third-order valence-electron chi connectivity index (χ3n) is 6.28. The molecule has 0 spiro atoms. The summed E-state index contributed by atoms with van der Waals surface area (Å²) in [5.41, 5.74) is 7.03. The van der Waals surface area contributed by atoms with Gasteiger partial charge in [-0.05, 0) is 75.0 Å². The van der Waals surface area contributed by atoms with Crippen molar-refractivity contribution in [2.24, 2.45) is 36.0 Å². The number of nitrogens with two attached hydrogens (primary N) is 1. The second kappa shape index (κ2) is 4.30. The Morgan fingerprint density at radius 2 is 1.70 bits per heavy atom. The van der Waals surface area contributed by atoms with Gasteiger partial charge < -0.3 is 10.3 Å². The Morgan fingerprint density at radius 1 is 1.15 bits per heavy atom. The molecule has 4 aliphatic carbocycles. The summed E-state index contributed by atoms with van der Waals surface area (Å²) < 4.78 is 2.06. The summed E-state index contributed by atoms with van der Waals surface area (Å²) in [6, 6.07) is 0.0532. The molecule has 4 aliphatic rings. The SMILES string of the molecule is Cc1nnc(C(N)CC23CC4CC(CC(C4)C2)C3)n1C. The fraction of sp³-hybridized carbons (Fsp3) is 0.875. The Kier molecular flexibility index (Phi) is 2.75. The van der Waals surface area contributed by atoms with Gasteiger partial charge in [-0.25, -0.2) is 0 Å². The number of aryl methyl sites for hydroxylation is 1. The maximum Gasteiger partial charge on any atom is 0.149 e. The van der Waals surface area contributed by atoms with E-state index in [0.29, 0.717) is 5.41 Å². The van der Waals surface area contributed by atoms with E-state index in [9.17, 15) is 0 Å². The van der Waals surface area contributed by atoms with Crippen LogP contribution in [0.2, 0.25) is 0 Å².